The van der Waals surface area contributed by atoms with Gasteiger partial charge in [0.2, 0.25) is 0 Å². The number of rotatable bonds is 1. The Morgan fingerprint density at radius 2 is 1.50 bits per heavy atom. The lowest BCUT2D eigenvalue weighted by Crippen LogP contribution is -1.81. The van der Waals surface area contributed by atoms with Gasteiger partial charge >= 0.3 is 0 Å². The van der Waals surface area contributed by atoms with Crippen LogP contribution in [0.1, 0.15) is 16.7 Å². The van der Waals surface area contributed by atoms with Crippen LogP contribution in [0.5, 0.6) is 5.75 Å². The van der Waals surface area contributed by atoms with E-state index in [2.05, 4.69) is 29.8 Å². The van der Waals surface area contributed by atoms with Gasteiger partial charge in [-0.05, 0) is 48.6 Å². The van der Waals surface area contributed by atoms with E-state index in [-0.39, 0.29) is 0 Å². The quantitative estimate of drug-likeness (QED) is 0.750. The molecule has 0 aromatic heterocycles. The Hall–Kier alpha value is -3.41. The maximum absolute atomic E-state index is 8.96. The molecule has 0 bridgehead atoms. The van der Waals surface area contributed by atoms with Crippen molar-refractivity contribution in [1.82, 2.24) is 0 Å². The third kappa shape index (κ3) is 4.31. The molecule has 2 rings (SSSR count). The summed E-state index contributed by atoms with van der Waals surface area (Å²) in [5.74, 6) is 12.5. The van der Waals surface area contributed by atoms with E-state index in [1.165, 1.54) is 0 Å². The lowest BCUT2D eigenvalue weighted by atomic mass is 10.1. The third-order valence-corrected chi connectivity index (χ3v) is 2.81. The summed E-state index contributed by atoms with van der Waals surface area (Å²) in [4.78, 5) is 0. The van der Waals surface area contributed by atoms with Crippen molar-refractivity contribution in [2.24, 2.45) is 0 Å². The van der Waals surface area contributed by atoms with E-state index < -0.39 is 0 Å². The molecule has 2 nitrogen and oxygen atoms in total. The van der Waals surface area contributed by atoms with E-state index in [1.54, 1.807) is 25.3 Å². The first-order valence-corrected chi connectivity index (χ1v) is 6.65. The van der Waals surface area contributed by atoms with Crippen molar-refractivity contribution in [3.05, 3.63) is 77.4 Å². The Morgan fingerprint density at radius 3 is 2.14 bits per heavy atom. The van der Waals surface area contributed by atoms with Crippen LogP contribution >= 0.6 is 0 Å². The maximum atomic E-state index is 8.96. The lowest BCUT2D eigenvalue weighted by molar-refractivity contribution is 0.415. The van der Waals surface area contributed by atoms with Gasteiger partial charge in [-0.25, -0.2) is 0 Å². The van der Waals surface area contributed by atoms with Gasteiger partial charge in [0.15, 0.2) is 0 Å². The highest BCUT2D eigenvalue weighted by molar-refractivity contribution is 5.49. The van der Waals surface area contributed by atoms with Crippen LogP contribution < -0.4 is 4.74 Å². The normalized spacial score (nSPS) is 9.09. The van der Waals surface area contributed by atoms with Crippen molar-refractivity contribution in [2.45, 2.75) is 0 Å². The third-order valence-electron chi connectivity index (χ3n) is 2.81. The molecule has 0 radical (unpaired) electrons. The molecule has 2 aromatic rings. The molecule has 2 heteroatoms. The molecular formula is C20H13NO. The number of nitriles is 1. The topological polar surface area (TPSA) is 33.0 Å². The van der Waals surface area contributed by atoms with Crippen molar-refractivity contribution in [3.8, 4) is 35.5 Å². The first-order chi connectivity index (χ1) is 10.8. The van der Waals surface area contributed by atoms with E-state index >= 15 is 0 Å². The zero-order valence-electron chi connectivity index (χ0n) is 12.1. The van der Waals surface area contributed by atoms with Crippen LogP contribution in [0.15, 0.2) is 60.7 Å². The molecule has 0 heterocycles. The first kappa shape index (κ1) is 15.0. The number of hydrogen-bond acceptors (Lipinski definition) is 2. The standard InChI is InChI=1S/C20H13NO/c1-22-20-14-12-17(13-15-20)8-4-2-3-5-9-18-10-6-7-11-19(18)16-21/h2-3,6-7,10-15H,1H3/b3-2-. The summed E-state index contributed by atoms with van der Waals surface area (Å²) in [5, 5.41) is 8.96. The fraction of sp³-hybridized carbons (Fsp3) is 0.0500. The molecule has 22 heavy (non-hydrogen) atoms. The Balaban J connectivity index is 2.01. The van der Waals surface area contributed by atoms with Gasteiger partial charge in [0, 0.05) is 11.1 Å². The summed E-state index contributed by atoms with van der Waals surface area (Å²) in [6.45, 7) is 0. The second kappa shape index (κ2) is 8.01. The van der Waals surface area contributed by atoms with Crippen LogP contribution in [0.3, 0.4) is 0 Å². The molecular weight excluding hydrogens is 270 g/mol. The molecule has 0 N–H and O–H groups in total. The predicted octanol–water partition coefficient (Wildman–Crippen LogP) is 3.53. The average Bonchev–Trinajstić information content (AvgIpc) is 2.58. The van der Waals surface area contributed by atoms with E-state index in [9.17, 15) is 0 Å². The molecule has 0 spiro atoms. The van der Waals surface area contributed by atoms with Gasteiger partial charge in [-0.3, -0.25) is 0 Å². The van der Waals surface area contributed by atoms with Crippen LogP contribution in [-0.4, -0.2) is 7.11 Å². The van der Waals surface area contributed by atoms with Crippen LogP contribution in [0.2, 0.25) is 0 Å². The molecule has 0 aliphatic rings. The summed E-state index contributed by atoms with van der Waals surface area (Å²) >= 11 is 0. The summed E-state index contributed by atoms with van der Waals surface area (Å²) in [5.41, 5.74) is 2.21. The number of nitrogens with zero attached hydrogens (tertiary/aromatic N) is 1. The van der Waals surface area contributed by atoms with E-state index in [1.807, 2.05) is 42.5 Å². The highest BCUT2D eigenvalue weighted by atomic mass is 16.5. The smallest absolute Gasteiger partial charge is 0.118 e. The van der Waals surface area contributed by atoms with Crippen molar-refractivity contribution in [3.63, 3.8) is 0 Å². The number of methoxy groups -OCH3 is 1. The molecule has 0 unspecified atom stereocenters. The minimum absolute atomic E-state index is 0.577. The predicted molar refractivity (Wildman–Crippen MR) is 87.0 cm³/mol. The lowest BCUT2D eigenvalue weighted by Gasteiger charge is -1.97. The van der Waals surface area contributed by atoms with Crippen LogP contribution in [0, 0.1) is 35.0 Å². The second-order valence-electron chi connectivity index (χ2n) is 4.26. The van der Waals surface area contributed by atoms with Gasteiger partial charge in [-0.2, -0.15) is 5.26 Å². The minimum Gasteiger partial charge on any atom is -0.497 e. The molecule has 0 saturated heterocycles. The SMILES string of the molecule is COc1ccc(C#C/C=C\C#Cc2ccccc2C#N)cc1. The molecule has 104 valence electrons. The molecule has 0 saturated carbocycles. The van der Waals surface area contributed by atoms with Gasteiger partial charge in [-0.15, -0.1) is 0 Å². The Labute approximate surface area is 130 Å². The number of hydrogen-bond donors (Lipinski definition) is 0. The summed E-state index contributed by atoms with van der Waals surface area (Å²) in [6, 6.07) is 16.9. The summed E-state index contributed by atoms with van der Waals surface area (Å²) in [7, 11) is 1.63. The molecule has 0 amide bonds. The average molecular weight is 283 g/mol. The Morgan fingerprint density at radius 1 is 0.864 bits per heavy atom. The van der Waals surface area contributed by atoms with Crippen molar-refractivity contribution < 1.29 is 4.74 Å². The molecule has 0 fully saturated rings. The molecule has 0 atom stereocenters. The van der Waals surface area contributed by atoms with Gasteiger partial charge in [0.05, 0.1) is 12.7 Å². The number of ether oxygens (including phenoxy) is 1. The molecule has 0 aliphatic heterocycles. The van der Waals surface area contributed by atoms with Gasteiger partial charge in [0.25, 0.3) is 0 Å². The Kier molecular flexibility index (Phi) is 5.45. The number of allylic oxidation sites excluding steroid dienone is 2. The fourth-order valence-corrected chi connectivity index (χ4v) is 1.69. The van der Waals surface area contributed by atoms with E-state index in [0.29, 0.717) is 5.56 Å². The van der Waals surface area contributed by atoms with Gasteiger partial charge < -0.3 is 4.74 Å². The zero-order valence-corrected chi connectivity index (χ0v) is 12.1. The highest BCUT2D eigenvalue weighted by Gasteiger charge is 1.94. The van der Waals surface area contributed by atoms with Crippen molar-refractivity contribution in [1.29, 1.82) is 5.26 Å². The monoisotopic (exact) mass is 283 g/mol. The fourth-order valence-electron chi connectivity index (χ4n) is 1.69. The minimum atomic E-state index is 0.577. The van der Waals surface area contributed by atoms with Crippen molar-refractivity contribution >= 4 is 0 Å². The zero-order chi connectivity index (χ0) is 15.6. The highest BCUT2D eigenvalue weighted by Crippen LogP contribution is 2.10. The van der Waals surface area contributed by atoms with Crippen LogP contribution in [0.25, 0.3) is 0 Å². The van der Waals surface area contributed by atoms with E-state index in [0.717, 1.165) is 16.9 Å². The van der Waals surface area contributed by atoms with Crippen LogP contribution in [-0.2, 0) is 0 Å². The van der Waals surface area contributed by atoms with E-state index in [4.69, 9.17) is 10.00 Å². The van der Waals surface area contributed by atoms with Crippen LogP contribution in [0.4, 0.5) is 0 Å². The summed E-state index contributed by atoms with van der Waals surface area (Å²) < 4.78 is 5.08. The largest absolute Gasteiger partial charge is 0.497 e. The maximum Gasteiger partial charge on any atom is 0.118 e. The number of benzene rings is 2. The van der Waals surface area contributed by atoms with Gasteiger partial charge in [0.1, 0.15) is 11.8 Å². The second-order valence-corrected chi connectivity index (χ2v) is 4.26. The first-order valence-electron chi connectivity index (χ1n) is 6.65. The Bertz CT molecular complexity index is 831. The van der Waals surface area contributed by atoms with Crippen molar-refractivity contribution in [2.75, 3.05) is 7.11 Å². The molecule has 0 aliphatic carbocycles. The van der Waals surface area contributed by atoms with Gasteiger partial charge in [-0.1, -0.05) is 35.8 Å². The molecule has 2 aromatic carbocycles. The summed E-state index contributed by atoms with van der Waals surface area (Å²) in [6.07, 6.45) is 3.36.